The summed E-state index contributed by atoms with van der Waals surface area (Å²) in [5.41, 5.74) is 2.90. The Morgan fingerprint density at radius 2 is 1.55 bits per heavy atom. The maximum Gasteiger partial charge on any atom is 0.269 e. The lowest BCUT2D eigenvalue weighted by Crippen LogP contribution is -2.41. The van der Waals surface area contributed by atoms with Crippen LogP contribution in [0, 0.1) is 0 Å². The van der Waals surface area contributed by atoms with E-state index in [2.05, 4.69) is 27.2 Å². The van der Waals surface area contributed by atoms with E-state index in [9.17, 15) is 4.79 Å². The van der Waals surface area contributed by atoms with Crippen molar-refractivity contribution in [1.29, 1.82) is 0 Å². The minimum Gasteiger partial charge on any atom is -0.485 e. The van der Waals surface area contributed by atoms with Crippen LogP contribution >= 0.6 is 0 Å². The SMILES string of the molecule is O=C(Nc1ccc(N2CCOCC2)cc1N1CCOCC1)C1COc2ccccc2O1. The minimum atomic E-state index is -0.702. The molecule has 3 aliphatic heterocycles. The summed E-state index contributed by atoms with van der Waals surface area (Å²) in [6.45, 7) is 6.27. The first-order chi connectivity index (χ1) is 15.3. The molecule has 1 atom stereocenters. The van der Waals surface area contributed by atoms with Gasteiger partial charge in [-0.1, -0.05) is 12.1 Å². The van der Waals surface area contributed by atoms with Crippen LogP contribution in [0.5, 0.6) is 11.5 Å². The summed E-state index contributed by atoms with van der Waals surface area (Å²) < 4.78 is 22.6. The van der Waals surface area contributed by atoms with E-state index in [1.54, 1.807) is 0 Å². The maximum absolute atomic E-state index is 13.0. The van der Waals surface area contributed by atoms with E-state index in [0.29, 0.717) is 24.7 Å². The van der Waals surface area contributed by atoms with Crippen molar-refractivity contribution in [2.24, 2.45) is 0 Å². The largest absolute Gasteiger partial charge is 0.485 e. The molecule has 2 saturated heterocycles. The number of carbonyl (C=O) groups is 1. The molecule has 1 unspecified atom stereocenters. The molecular formula is C23H27N3O5. The van der Waals surface area contributed by atoms with E-state index >= 15 is 0 Å². The number of para-hydroxylation sites is 2. The molecule has 31 heavy (non-hydrogen) atoms. The second-order valence-electron chi connectivity index (χ2n) is 7.75. The van der Waals surface area contributed by atoms with Gasteiger partial charge in [-0.2, -0.15) is 0 Å². The molecule has 3 heterocycles. The molecule has 5 rings (SSSR count). The molecule has 3 aliphatic rings. The molecule has 0 aliphatic carbocycles. The number of benzene rings is 2. The normalized spacial score (nSPS) is 21.0. The molecule has 1 N–H and O–H groups in total. The molecule has 0 spiro atoms. The summed E-state index contributed by atoms with van der Waals surface area (Å²) >= 11 is 0. The van der Waals surface area contributed by atoms with Crippen molar-refractivity contribution in [3.63, 3.8) is 0 Å². The highest BCUT2D eigenvalue weighted by Crippen LogP contribution is 2.34. The summed E-state index contributed by atoms with van der Waals surface area (Å²) in [6, 6.07) is 13.6. The fraction of sp³-hybridized carbons (Fsp3) is 0.435. The topological polar surface area (TPSA) is 72.5 Å². The number of rotatable bonds is 4. The number of hydrogen-bond acceptors (Lipinski definition) is 7. The van der Waals surface area contributed by atoms with Crippen LogP contribution in [-0.2, 0) is 14.3 Å². The number of nitrogens with zero attached hydrogens (tertiary/aromatic N) is 2. The van der Waals surface area contributed by atoms with Crippen molar-refractivity contribution >= 4 is 23.0 Å². The summed E-state index contributed by atoms with van der Waals surface area (Å²) in [7, 11) is 0. The predicted molar refractivity (Wildman–Crippen MR) is 117 cm³/mol. The lowest BCUT2D eigenvalue weighted by molar-refractivity contribution is -0.125. The average Bonchev–Trinajstić information content (AvgIpc) is 2.85. The van der Waals surface area contributed by atoms with Gasteiger partial charge >= 0.3 is 0 Å². The minimum absolute atomic E-state index is 0.182. The van der Waals surface area contributed by atoms with Crippen molar-refractivity contribution < 1.29 is 23.7 Å². The van der Waals surface area contributed by atoms with Crippen LogP contribution in [0.1, 0.15) is 0 Å². The Balaban J connectivity index is 1.36. The molecule has 164 valence electrons. The molecule has 2 fully saturated rings. The van der Waals surface area contributed by atoms with Gasteiger partial charge in [0.1, 0.15) is 6.61 Å². The Labute approximate surface area is 181 Å². The highest BCUT2D eigenvalue weighted by molar-refractivity contribution is 5.98. The van der Waals surface area contributed by atoms with Gasteiger partial charge in [0, 0.05) is 31.9 Å². The molecule has 2 aromatic carbocycles. The van der Waals surface area contributed by atoms with Crippen molar-refractivity contribution in [1.82, 2.24) is 0 Å². The molecule has 0 radical (unpaired) electrons. The Bertz CT molecular complexity index is 925. The van der Waals surface area contributed by atoms with Crippen molar-refractivity contribution in [3.05, 3.63) is 42.5 Å². The first-order valence-electron chi connectivity index (χ1n) is 10.8. The maximum atomic E-state index is 13.0. The third-order valence-corrected chi connectivity index (χ3v) is 5.77. The van der Waals surface area contributed by atoms with Crippen LogP contribution in [0.25, 0.3) is 0 Å². The van der Waals surface area contributed by atoms with Crippen molar-refractivity contribution in [3.8, 4) is 11.5 Å². The number of morpholine rings is 2. The molecule has 0 aromatic heterocycles. The number of amides is 1. The van der Waals surface area contributed by atoms with Gasteiger partial charge in [-0.25, -0.2) is 0 Å². The van der Waals surface area contributed by atoms with E-state index in [1.165, 1.54) is 0 Å². The molecule has 0 saturated carbocycles. The smallest absolute Gasteiger partial charge is 0.269 e. The Hall–Kier alpha value is -2.97. The second kappa shape index (κ2) is 9.03. The number of ether oxygens (including phenoxy) is 4. The van der Waals surface area contributed by atoms with Gasteiger partial charge in [0.05, 0.1) is 37.8 Å². The molecule has 1 amide bonds. The van der Waals surface area contributed by atoms with Gasteiger partial charge in [-0.3, -0.25) is 4.79 Å². The molecule has 2 aromatic rings. The van der Waals surface area contributed by atoms with Crippen molar-refractivity contribution in [2.75, 3.05) is 74.3 Å². The third kappa shape index (κ3) is 4.40. The van der Waals surface area contributed by atoms with Crippen LogP contribution in [0.3, 0.4) is 0 Å². The highest BCUT2D eigenvalue weighted by atomic mass is 16.6. The van der Waals surface area contributed by atoms with Crippen molar-refractivity contribution in [2.45, 2.75) is 6.10 Å². The van der Waals surface area contributed by atoms with E-state index in [4.69, 9.17) is 18.9 Å². The first-order valence-corrected chi connectivity index (χ1v) is 10.8. The molecular weight excluding hydrogens is 398 g/mol. The zero-order valence-corrected chi connectivity index (χ0v) is 17.4. The second-order valence-corrected chi connectivity index (χ2v) is 7.75. The van der Waals surface area contributed by atoms with E-state index in [1.807, 2.05) is 30.3 Å². The van der Waals surface area contributed by atoms with Crippen LogP contribution in [0.2, 0.25) is 0 Å². The lowest BCUT2D eigenvalue weighted by atomic mass is 10.1. The van der Waals surface area contributed by atoms with Gasteiger partial charge in [-0.15, -0.1) is 0 Å². The third-order valence-electron chi connectivity index (χ3n) is 5.77. The Morgan fingerprint density at radius 1 is 0.871 bits per heavy atom. The fourth-order valence-electron chi connectivity index (χ4n) is 4.07. The number of anilines is 3. The number of hydrogen-bond donors (Lipinski definition) is 1. The number of fused-ring (bicyclic) bond motifs is 1. The molecule has 8 heteroatoms. The van der Waals surface area contributed by atoms with E-state index in [0.717, 1.165) is 56.5 Å². The average molecular weight is 425 g/mol. The van der Waals surface area contributed by atoms with E-state index in [-0.39, 0.29) is 12.5 Å². The first kappa shape index (κ1) is 20.0. The Kier molecular flexibility index (Phi) is 5.82. The van der Waals surface area contributed by atoms with Gasteiger partial charge in [0.25, 0.3) is 5.91 Å². The Morgan fingerprint density at radius 3 is 2.29 bits per heavy atom. The number of carbonyl (C=O) groups excluding carboxylic acids is 1. The fourth-order valence-corrected chi connectivity index (χ4v) is 4.07. The quantitative estimate of drug-likeness (QED) is 0.805. The van der Waals surface area contributed by atoms with Gasteiger partial charge < -0.3 is 34.1 Å². The summed E-state index contributed by atoms with van der Waals surface area (Å²) in [5, 5.41) is 3.07. The van der Waals surface area contributed by atoms with Gasteiger partial charge in [0.15, 0.2) is 11.5 Å². The van der Waals surface area contributed by atoms with Gasteiger partial charge in [-0.05, 0) is 30.3 Å². The standard InChI is InChI=1S/C23H27N3O5/c27-23(22-16-30-20-3-1-2-4-21(20)31-22)24-18-6-5-17(25-7-11-28-12-8-25)15-19(18)26-9-13-29-14-10-26/h1-6,15,22H,7-14,16H2,(H,24,27). The molecule has 8 nitrogen and oxygen atoms in total. The van der Waals surface area contributed by atoms with Gasteiger partial charge in [0.2, 0.25) is 6.10 Å². The monoisotopic (exact) mass is 425 g/mol. The molecule has 0 bridgehead atoms. The van der Waals surface area contributed by atoms with Crippen LogP contribution in [0.4, 0.5) is 17.1 Å². The zero-order valence-electron chi connectivity index (χ0n) is 17.4. The predicted octanol–water partition coefficient (Wildman–Crippen LogP) is 2.14. The van der Waals surface area contributed by atoms with Crippen LogP contribution in [0.15, 0.2) is 42.5 Å². The number of nitrogens with one attached hydrogen (secondary N) is 1. The lowest BCUT2D eigenvalue weighted by Gasteiger charge is -2.34. The van der Waals surface area contributed by atoms with Crippen LogP contribution < -0.4 is 24.6 Å². The summed E-state index contributed by atoms with van der Waals surface area (Å²) in [6.07, 6.45) is -0.702. The van der Waals surface area contributed by atoms with Crippen LogP contribution in [-0.4, -0.2) is 71.2 Å². The zero-order chi connectivity index (χ0) is 21.0. The summed E-state index contributed by atoms with van der Waals surface area (Å²) in [5.74, 6) is 1.03. The summed E-state index contributed by atoms with van der Waals surface area (Å²) in [4.78, 5) is 17.6. The highest BCUT2D eigenvalue weighted by Gasteiger charge is 2.28. The van der Waals surface area contributed by atoms with E-state index < -0.39 is 6.10 Å².